The van der Waals surface area contributed by atoms with Crippen molar-refractivity contribution in [1.29, 1.82) is 0 Å². The highest BCUT2D eigenvalue weighted by atomic mass is 32.2. The fourth-order valence-electron chi connectivity index (χ4n) is 11.1. The molecule has 2 saturated carbocycles. The summed E-state index contributed by atoms with van der Waals surface area (Å²) in [6.45, 7) is 14.5. The Morgan fingerprint density at radius 2 is 1.50 bits per heavy atom. The number of carbonyl (C=O) groups is 3. The summed E-state index contributed by atoms with van der Waals surface area (Å²) in [5, 5.41) is 0.314. The number of nitrogens with one attached hydrogen (secondary N) is 1. The Morgan fingerprint density at radius 3 is 2.12 bits per heavy atom. The molecule has 314 valence electrons. The van der Waals surface area contributed by atoms with Gasteiger partial charge in [-0.2, -0.15) is 0 Å². The maximum atomic E-state index is 15.4. The van der Waals surface area contributed by atoms with Gasteiger partial charge in [-0.25, -0.2) is 17.9 Å². The molecule has 0 unspecified atom stereocenters. The van der Waals surface area contributed by atoms with Gasteiger partial charge in [0.25, 0.3) is 5.91 Å². The zero-order valence-electron chi connectivity index (χ0n) is 35.6. The van der Waals surface area contributed by atoms with Crippen LogP contribution in [0.5, 0.6) is 5.75 Å². The van der Waals surface area contributed by atoms with Crippen LogP contribution in [0.3, 0.4) is 0 Å². The number of ether oxygens (including phenoxy) is 1. The van der Waals surface area contributed by atoms with E-state index in [1.807, 2.05) is 23.1 Å². The summed E-state index contributed by atoms with van der Waals surface area (Å²) in [4.78, 5) is 49.2. The molecule has 0 radical (unpaired) electrons. The van der Waals surface area contributed by atoms with Crippen LogP contribution in [0.15, 0.2) is 36.4 Å². The van der Waals surface area contributed by atoms with Crippen LogP contribution in [0.4, 0.5) is 4.79 Å². The van der Waals surface area contributed by atoms with E-state index in [0.29, 0.717) is 38.6 Å². The average molecular weight is 814 g/mol. The fraction of sp³-hybridized carbons (Fsp3) is 0.630. The molecular weight excluding hydrogens is 751 g/mol. The number of amides is 4. The van der Waals surface area contributed by atoms with Crippen LogP contribution < -0.4 is 9.46 Å². The second-order valence-corrected chi connectivity index (χ2v) is 21.3. The van der Waals surface area contributed by atoms with Crippen LogP contribution in [0.1, 0.15) is 120 Å². The molecule has 4 fully saturated rings. The van der Waals surface area contributed by atoms with Crippen molar-refractivity contribution in [3.63, 3.8) is 0 Å². The predicted molar refractivity (Wildman–Crippen MR) is 227 cm³/mol. The first-order valence-electron chi connectivity index (χ1n) is 21.9. The molecule has 4 amide bonds. The molecule has 11 nitrogen and oxygen atoms in total. The number of aromatic nitrogens is 1. The molecule has 8 rings (SSSR count). The van der Waals surface area contributed by atoms with Crippen molar-refractivity contribution in [3.8, 4) is 17.0 Å². The molecule has 58 heavy (non-hydrogen) atoms. The lowest BCUT2D eigenvalue weighted by atomic mass is 9.80. The molecule has 2 bridgehead atoms. The van der Waals surface area contributed by atoms with Gasteiger partial charge in [0.05, 0.1) is 23.5 Å². The van der Waals surface area contributed by atoms with Gasteiger partial charge in [0.2, 0.25) is 15.9 Å². The van der Waals surface area contributed by atoms with E-state index in [1.165, 1.54) is 17.5 Å². The summed E-state index contributed by atoms with van der Waals surface area (Å²) in [5.74, 6) is 1.21. The first-order valence-corrected chi connectivity index (χ1v) is 23.4. The van der Waals surface area contributed by atoms with Crippen molar-refractivity contribution >= 4 is 38.8 Å². The van der Waals surface area contributed by atoms with Gasteiger partial charge in [0.15, 0.2) is 0 Å². The molecule has 12 heteroatoms. The molecule has 1 aromatic heterocycles. The quantitative estimate of drug-likeness (QED) is 0.248. The molecule has 3 aromatic rings. The van der Waals surface area contributed by atoms with Crippen molar-refractivity contribution in [3.05, 3.63) is 53.1 Å². The fourth-order valence-corrected chi connectivity index (χ4v) is 11.7. The van der Waals surface area contributed by atoms with Crippen LogP contribution in [-0.4, -0.2) is 96.2 Å². The first kappa shape index (κ1) is 40.7. The van der Waals surface area contributed by atoms with Crippen LogP contribution in [-0.2, 0) is 27.8 Å². The number of rotatable bonds is 8. The van der Waals surface area contributed by atoms with Gasteiger partial charge in [-0.15, -0.1) is 0 Å². The molecule has 4 heterocycles. The van der Waals surface area contributed by atoms with E-state index in [0.717, 1.165) is 79.3 Å². The van der Waals surface area contributed by atoms with Gasteiger partial charge in [0.1, 0.15) is 5.75 Å². The summed E-state index contributed by atoms with van der Waals surface area (Å²) in [6, 6.07) is 12.3. The molecule has 2 saturated heterocycles. The number of likely N-dealkylation sites (tertiary alicyclic amines) is 2. The SMILES string of the molecule is COc1ccc2c(c1)C[C@@H]1C[C@]1(C(=O)N1C[C@@H]3CC[C@@H](CN(C(=O)N(C(C)C)C(C)C)C3)C1)Cn1c-2c(C2CCCCC2)c2ccc(C(=O)NS(=O)(=O)C(C)C)cc21. The Bertz CT molecular complexity index is 2180. The molecule has 0 spiro atoms. The highest BCUT2D eigenvalue weighted by Crippen LogP contribution is 2.60. The van der Waals surface area contributed by atoms with Crippen LogP contribution in [0.2, 0.25) is 0 Å². The Morgan fingerprint density at radius 1 is 0.845 bits per heavy atom. The summed E-state index contributed by atoms with van der Waals surface area (Å²) >= 11 is 0. The lowest BCUT2D eigenvalue weighted by molar-refractivity contribution is -0.139. The molecule has 1 N–H and O–H groups in total. The molecule has 4 atom stereocenters. The number of sulfonamides is 1. The van der Waals surface area contributed by atoms with Gasteiger partial charge < -0.3 is 24.0 Å². The minimum atomic E-state index is -3.84. The maximum Gasteiger partial charge on any atom is 0.320 e. The first-order chi connectivity index (χ1) is 27.6. The molecule has 3 aliphatic heterocycles. The summed E-state index contributed by atoms with van der Waals surface area (Å²) in [7, 11) is -2.15. The highest BCUT2D eigenvalue weighted by Gasteiger charge is 2.62. The maximum absolute atomic E-state index is 15.4. The third-order valence-corrected chi connectivity index (χ3v) is 15.9. The molecule has 2 aromatic carbocycles. The van der Waals surface area contributed by atoms with E-state index in [9.17, 15) is 18.0 Å². The van der Waals surface area contributed by atoms with Crippen molar-refractivity contribution in [1.82, 2.24) is 24.0 Å². The van der Waals surface area contributed by atoms with E-state index >= 15 is 4.79 Å². The van der Waals surface area contributed by atoms with E-state index in [4.69, 9.17) is 4.74 Å². The number of benzene rings is 2. The van der Waals surface area contributed by atoms with Gasteiger partial charge in [0, 0.05) is 66.8 Å². The molecule has 5 aliphatic rings. The average Bonchev–Trinajstić information content (AvgIpc) is 3.87. The largest absolute Gasteiger partial charge is 0.497 e. The molecular formula is C46H63N5O6S. The predicted octanol–water partition coefficient (Wildman–Crippen LogP) is 7.80. The minimum Gasteiger partial charge on any atom is -0.497 e. The van der Waals surface area contributed by atoms with Crippen molar-refractivity contribution in [2.75, 3.05) is 33.3 Å². The number of nitrogens with zero attached hydrogens (tertiary/aromatic N) is 4. The highest BCUT2D eigenvalue weighted by molar-refractivity contribution is 7.90. The van der Waals surface area contributed by atoms with Crippen LogP contribution >= 0.6 is 0 Å². The van der Waals surface area contributed by atoms with Crippen LogP contribution in [0.25, 0.3) is 22.2 Å². The van der Waals surface area contributed by atoms with E-state index < -0.39 is 26.6 Å². The Hall–Kier alpha value is -4.06. The van der Waals surface area contributed by atoms with Crippen molar-refractivity contribution in [2.45, 2.75) is 129 Å². The standard InChI is InChI=1S/C46H63N5O6S/c1-28(2)51(29(3)4)45(54)49-25-31-13-14-32(26-49)24-48(23-31)44(53)46-22-36(46)19-35-20-37(57-7)16-18-38(35)42-41(33-11-9-8-10-12-33)39-17-15-34(21-40(39)50(42)27-46)43(52)47-58(55,56)30(5)6/h15-18,20-21,28-33,36H,8-14,19,22-27H2,1-7H3,(H,47,52)/t31-,32+,36-,46+/m1/s1. The van der Waals surface area contributed by atoms with Crippen molar-refractivity contribution in [2.24, 2.45) is 23.2 Å². The number of urea groups is 1. The topological polar surface area (TPSA) is 121 Å². The number of carbonyl (C=O) groups excluding carboxylic acids is 3. The third kappa shape index (κ3) is 7.29. The van der Waals surface area contributed by atoms with Gasteiger partial charge in [-0.1, -0.05) is 25.3 Å². The zero-order valence-corrected chi connectivity index (χ0v) is 36.4. The minimum absolute atomic E-state index is 0.104. The third-order valence-electron chi connectivity index (χ3n) is 14.2. The molecule has 2 aliphatic carbocycles. The second kappa shape index (κ2) is 15.5. The second-order valence-electron chi connectivity index (χ2n) is 19.0. The summed E-state index contributed by atoms with van der Waals surface area (Å²) in [5.41, 5.74) is 5.22. The Balaban J connectivity index is 1.20. The van der Waals surface area contributed by atoms with Crippen molar-refractivity contribution < 1.29 is 27.5 Å². The Kier molecular flexibility index (Phi) is 10.9. The Labute approximate surface area is 344 Å². The lowest BCUT2D eigenvalue weighted by Crippen LogP contribution is -2.54. The van der Waals surface area contributed by atoms with Gasteiger partial charge >= 0.3 is 6.03 Å². The smallest absolute Gasteiger partial charge is 0.320 e. The summed E-state index contributed by atoms with van der Waals surface area (Å²) < 4.78 is 36.1. The van der Waals surface area contributed by atoms with E-state index in [-0.39, 0.29) is 47.3 Å². The normalized spacial score (nSPS) is 24.8. The number of methoxy groups -OCH3 is 1. The zero-order chi connectivity index (χ0) is 41.3. The summed E-state index contributed by atoms with van der Waals surface area (Å²) in [6.07, 6.45) is 9.19. The number of fused-ring (bicyclic) bond motifs is 9. The van der Waals surface area contributed by atoms with E-state index in [2.05, 4.69) is 58.9 Å². The lowest BCUT2D eigenvalue weighted by Gasteiger charge is -2.40. The van der Waals surface area contributed by atoms with E-state index in [1.54, 1.807) is 27.0 Å². The monoisotopic (exact) mass is 813 g/mol. The van der Waals surface area contributed by atoms with Gasteiger partial charge in [-0.3, -0.25) is 9.59 Å². The van der Waals surface area contributed by atoms with Gasteiger partial charge in [-0.05, 0) is 145 Å². The number of hydrogen-bond acceptors (Lipinski definition) is 6. The van der Waals surface area contributed by atoms with Crippen LogP contribution in [0, 0.1) is 23.2 Å². The number of hydrogen-bond donors (Lipinski definition) is 1.